The zero-order valence-corrected chi connectivity index (χ0v) is 20.4. The Hall–Kier alpha value is -4.24. The Bertz CT molecular complexity index is 1540. The first-order chi connectivity index (χ1) is 17.3. The lowest BCUT2D eigenvalue weighted by molar-refractivity contribution is -0.132. The van der Waals surface area contributed by atoms with Crippen LogP contribution in [0.1, 0.15) is 22.7 Å². The molecule has 9 heteroatoms. The number of ether oxygens (including phenoxy) is 2. The van der Waals surface area contributed by atoms with Crippen molar-refractivity contribution in [3.8, 4) is 11.5 Å². The zero-order chi connectivity index (χ0) is 25.6. The van der Waals surface area contributed by atoms with Crippen molar-refractivity contribution in [2.24, 2.45) is 0 Å². The van der Waals surface area contributed by atoms with E-state index < -0.39 is 29.3 Å². The molecule has 7 nitrogen and oxygen atoms in total. The predicted molar refractivity (Wildman–Crippen MR) is 135 cm³/mol. The molecule has 0 saturated carbocycles. The van der Waals surface area contributed by atoms with Gasteiger partial charge in [0, 0.05) is 11.1 Å². The fourth-order valence-corrected chi connectivity index (χ4v) is 5.35. The first-order valence-electron chi connectivity index (χ1n) is 11.0. The van der Waals surface area contributed by atoms with Gasteiger partial charge in [-0.1, -0.05) is 17.4 Å². The Morgan fingerprint density at radius 3 is 2.47 bits per heavy atom. The largest absolute Gasteiger partial charge is 0.507 e. The van der Waals surface area contributed by atoms with Crippen molar-refractivity contribution in [3.05, 3.63) is 88.7 Å². The zero-order valence-electron chi connectivity index (χ0n) is 19.6. The van der Waals surface area contributed by atoms with Crippen LogP contribution in [0.25, 0.3) is 16.0 Å². The highest BCUT2D eigenvalue weighted by Crippen LogP contribution is 2.47. The maximum absolute atomic E-state index is 13.5. The summed E-state index contributed by atoms with van der Waals surface area (Å²) < 4.78 is 25.3. The van der Waals surface area contributed by atoms with Gasteiger partial charge in [-0.05, 0) is 67.1 Å². The summed E-state index contributed by atoms with van der Waals surface area (Å²) in [6, 6.07) is 14.7. The van der Waals surface area contributed by atoms with E-state index in [-0.39, 0.29) is 11.1 Å². The van der Waals surface area contributed by atoms with Crippen LogP contribution in [0.4, 0.5) is 9.52 Å². The van der Waals surface area contributed by atoms with Gasteiger partial charge in [0.05, 0.1) is 30.0 Å². The number of Topliss-reactive ketones (excluding diaryl/α,β-unsaturated/α-hetero) is 1. The molecule has 1 atom stereocenters. The molecule has 1 amide bonds. The minimum atomic E-state index is -1.07. The Kier molecular flexibility index (Phi) is 5.93. The Morgan fingerprint density at radius 2 is 1.78 bits per heavy atom. The number of aliphatic hydroxyl groups excluding tert-OH is 1. The van der Waals surface area contributed by atoms with Gasteiger partial charge in [0.15, 0.2) is 5.13 Å². The Morgan fingerprint density at radius 1 is 1.03 bits per heavy atom. The Balaban J connectivity index is 1.78. The number of fused-ring (bicyclic) bond motifs is 1. The molecule has 1 aliphatic heterocycles. The number of hydrogen-bond acceptors (Lipinski definition) is 7. The van der Waals surface area contributed by atoms with E-state index in [1.165, 1.54) is 54.7 Å². The summed E-state index contributed by atoms with van der Waals surface area (Å²) in [5.41, 5.74) is 2.17. The van der Waals surface area contributed by atoms with E-state index in [0.29, 0.717) is 27.7 Å². The number of halogens is 1. The van der Waals surface area contributed by atoms with Crippen LogP contribution >= 0.6 is 11.3 Å². The quantitative estimate of drug-likeness (QED) is 0.223. The van der Waals surface area contributed by atoms with Gasteiger partial charge in [-0.25, -0.2) is 9.37 Å². The SMILES string of the molecule is COc1ccc(OC)c([C@H]2C(=C(O)c3ccc(F)cc3)C(=O)C(=O)N2c2nc3ccc(C)cc3s2)c1. The number of carbonyl (C=O) groups excluding carboxylic acids is 2. The van der Waals surface area contributed by atoms with Crippen molar-refractivity contribution in [3.63, 3.8) is 0 Å². The summed E-state index contributed by atoms with van der Waals surface area (Å²) in [5, 5.41) is 11.5. The van der Waals surface area contributed by atoms with Crippen molar-refractivity contribution in [1.29, 1.82) is 0 Å². The molecule has 3 aromatic carbocycles. The van der Waals surface area contributed by atoms with Gasteiger partial charge in [-0.2, -0.15) is 0 Å². The summed E-state index contributed by atoms with van der Waals surface area (Å²) in [5.74, 6) is -1.80. The van der Waals surface area contributed by atoms with E-state index in [9.17, 15) is 19.1 Å². The number of carbonyl (C=O) groups is 2. The average molecular weight is 505 g/mol. The monoisotopic (exact) mass is 504 g/mol. The lowest BCUT2D eigenvalue weighted by atomic mass is 9.94. The van der Waals surface area contributed by atoms with Gasteiger partial charge >= 0.3 is 5.91 Å². The molecule has 0 radical (unpaired) electrons. The summed E-state index contributed by atoms with van der Waals surface area (Å²) in [4.78, 5) is 32.7. The normalized spacial score (nSPS) is 17.1. The first kappa shape index (κ1) is 23.5. The van der Waals surface area contributed by atoms with Crippen molar-refractivity contribution >= 4 is 44.1 Å². The van der Waals surface area contributed by atoms with Gasteiger partial charge in [0.2, 0.25) is 0 Å². The van der Waals surface area contributed by atoms with E-state index in [1.807, 2.05) is 25.1 Å². The lowest BCUT2D eigenvalue weighted by Gasteiger charge is -2.25. The molecule has 0 unspecified atom stereocenters. The molecule has 36 heavy (non-hydrogen) atoms. The van der Waals surface area contributed by atoms with E-state index in [0.717, 1.165) is 10.3 Å². The fraction of sp³-hybridized carbons (Fsp3) is 0.148. The maximum atomic E-state index is 13.5. The number of rotatable bonds is 5. The number of methoxy groups -OCH3 is 2. The number of ketones is 1. The van der Waals surface area contributed by atoms with Crippen LogP contribution in [-0.2, 0) is 9.59 Å². The van der Waals surface area contributed by atoms with Crippen LogP contribution in [0, 0.1) is 12.7 Å². The van der Waals surface area contributed by atoms with Crippen molar-refractivity contribution in [1.82, 2.24) is 4.98 Å². The summed E-state index contributed by atoms with van der Waals surface area (Å²) in [7, 11) is 2.97. The second-order valence-electron chi connectivity index (χ2n) is 8.25. The van der Waals surface area contributed by atoms with Crippen LogP contribution in [0.2, 0.25) is 0 Å². The fourth-order valence-electron chi connectivity index (χ4n) is 4.26. The third kappa shape index (κ3) is 3.87. The smallest absolute Gasteiger partial charge is 0.301 e. The van der Waals surface area contributed by atoms with Gasteiger partial charge in [-0.15, -0.1) is 0 Å². The summed E-state index contributed by atoms with van der Waals surface area (Å²) >= 11 is 1.26. The first-order valence-corrected chi connectivity index (χ1v) is 11.8. The molecule has 1 aliphatic rings. The predicted octanol–water partition coefficient (Wildman–Crippen LogP) is 5.39. The molecular formula is C27H21FN2O5S. The molecule has 1 aromatic heterocycles. The summed E-state index contributed by atoms with van der Waals surface area (Å²) in [6.45, 7) is 1.95. The van der Waals surface area contributed by atoms with Crippen LogP contribution in [-0.4, -0.2) is 36.0 Å². The van der Waals surface area contributed by atoms with Crippen LogP contribution in [0.3, 0.4) is 0 Å². The van der Waals surface area contributed by atoms with Crippen LogP contribution < -0.4 is 14.4 Å². The van der Waals surface area contributed by atoms with Gasteiger partial charge in [-0.3, -0.25) is 14.5 Å². The van der Waals surface area contributed by atoms with Crippen molar-refractivity contribution in [2.75, 3.05) is 19.1 Å². The van der Waals surface area contributed by atoms with Crippen molar-refractivity contribution in [2.45, 2.75) is 13.0 Å². The molecule has 182 valence electrons. The molecule has 4 aromatic rings. The second kappa shape index (κ2) is 9.09. The number of nitrogens with zero attached hydrogens (tertiary/aromatic N) is 2. The average Bonchev–Trinajstić information content (AvgIpc) is 3.41. The highest BCUT2D eigenvalue weighted by atomic mass is 32.1. The minimum Gasteiger partial charge on any atom is -0.507 e. The van der Waals surface area contributed by atoms with Gasteiger partial charge in [0.25, 0.3) is 5.78 Å². The number of amides is 1. The summed E-state index contributed by atoms with van der Waals surface area (Å²) in [6.07, 6.45) is 0. The molecule has 1 N–H and O–H groups in total. The lowest BCUT2D eigenvalue weighted by Crippen LogP contribution is -2.29. The number of benzene rings is 3. The number of thiazole rings is 1. The van der Waals surface area contributed by atoms with E-state index in [2.05, 4.69) is 4.98 Å². The molecule has 0 aliphatic carbocycles. The third-order valence-electron chi connectivity index (χ3n) is 6.03. The molecular weight excluding hydrogens is 483 g/mol. The Labute approximate surface area is 210 Å². The minimum absolute atomic E-state index is 0.159. The number of aromatic nitrogens is 1. The molecule has 1 fully saturated rings. The molecule has 0 spiro atoms. The van der Waals surface area contributed by atoms with Crippen molar-refractivity contribution < 1.29 is 28.6 Å². The third-order valence-corrected chi connectivity index (χ3v) is 7.05. The number of aliphatic hydroxyl groups is 1. The van der Waals surface area contributed by atoms with Gasteiger partial charge < -0.3 is 14.6 Å². The maximum Gasteiger partial charge on any atom is 0.301 e. The topological polar surface area (TPSA) is 89.0 Å². The highest BCUT2D eigenvalue weighted by molar-refractivity contribution is 7.22. The van der Waals surface area contributed by atoms with Crippen LogP contribution in [0.15, 0.2) is 66.2 Å². The number of aryl methyl sites for hydroxylation is 1. The number of anilines is 1. The van der Waals surface area contributed by atoms with E-state index in [4.69, 9.17) is 9.47 Å². The highest BCUT2D eigenvalue weighted by Gasteiger charge is 2.49. The van der Waals surface area contributed by atoms with E-state index >= 15 is 0 Å². The standard InChI is InChI=1S/C27H21FN2O5S/c1-14-4-10-19-21(12-14)36-27(29-19)30-23(18-13-17(34-2)9-11-20(18)35-3)22(25(32)26(30)33)24(31)15-5-7-16(28)8-6-15/h4-13,23,31H,1-3H3/t23-/m0/s1. The molecule has 0 bridgehead atoms. The number of hydrogen-bond donors (Lipinski definition) is 1. The van der Waals surface area contributed by atoms with E-state index in [1.54, 1.807) is 18.2 Å². The molecule has 1 saturated heterocycles. The van der Waals surface area contributed by atoms with Crippen LogP contribution in [0.5, 0.6) is 11.5 Å². The second-order valence-corrected chi connectivity index (χ2v) is 9.26. The van der Waals surface area contributed by atoms with Gasteiger partial charge in [0.1, 0.15) is 29.1 Å². The molecule has 2 heterocycles. The molecule has 5 rings (SSSR count).